The zero-order chi connectivity index (χ0) is 20.8. The smallest absolute Gasteiger partial charge is 0.269 e. The quantitative estimate of drug-likeness (QED) is 0.312. The van der Waals surface area contributed by atoms with Gasteiger partial charge in [-0.1, -0.05) is 23.4 Å². The van der Waals surface area contributed by atoms with Crippen LogP contribution in [0.3, 0.4) is 0 Å². The molecule has 3 aromatic rings. The molecule has 2 N–H and O–H groups in total. The van der Waals surface area contributed by atoms with Gasteiger partial charge in [-0.3, -0.25) is 20.0 Å². The molecule has 9 nitrogen and oxygen atoms in total. The first-order chi connectivity index (χ1) is 13.9. The number of hydrogen-bond donors (Lipinski definition) is 2. The lowest BCUT2D eigenvalue weighted by molar-refractivity contribution is -0.384. The normalized spacial score (nSPS) is 11.7. The minimum Gasteiger partial charge on any atom is -0.486 e. The molecule has 150 valence electrons. The third kappa shape index (κ3) is 5.93. The molecule has 0 spiro atoms. The molecule has 1 unspecified atom stereocenters. The number of carbonyl (C=O) groups is 1. The lowest BCUT2D eigenvalue weighted by Gasteiger charge is -2.09. The Labute approximate surface area is 175 Å². The number of nitrogens with one attached hydrogen (secondary N) is 2. The molecule has 0 aliphatic heterocycles. The van der Waals surface area contributed by atoms with Crippen molar-refractivity contribution in [3.8, 4) is 5.75 Å². The number of anilines is 1. The Bertz CT molecular complexity index is 994. The van der Waals surface area contributed by atoms with Crippen LogP contribution in [0.1, 0.15) is 12.7 Å². The highest BCUT2D eigenvalue weighted by Gasteiger charge is 2.18. The van der Waals surface area contributed by atoms with Gasteiger partial charge in [0.1, 0.15) is 12.4 Å². The van der Waals surface area contributed by atoms with E-state index in [2.05, 4.69) is 20.5 Å². The maximum absolute atomic E-state index is 12.3. The third-order valence-electron chi connectivity index (χ3n) is 3.70. The van der Waals surface area contributed by atoms with E-state index in [4.69, 9.17) is 16.3 Å². The largest absolute Gasteiger partial charge is 0.486 e. The number of nitro groups is 1. The molecule has 1 aromatic heterocycles. The fourth-order valence-electron chi connectivity index (χ4n) is 2.20. The molecule has 0 fully saturated rings. The number of hydrogen-bond acceptors (Lipinski definition) is 7. The van der Waals surface area contributed by atoms with E-state index in [9.17, 15) is 14.9 Å². The fourth-order valence-corrected chi connectivity index (χ4v) is 3.07. The molecular weight excluding hydrogens is 418 g/mol. The van der Waals surface area contributed by atoms with E-state index in [1.807, 2.05) is 0 Å². The number of nitrogens with zero attached hydrogens (tertiary/aromatic N) is 3. The average molecular weight is 434 g/mol. The first-order valence-corrected chi connectivity index (χ1v) is 9.68. The Kier molecular flexibility index (Phi) is 6.68. The van der Waals surface area contributed by atoms with Crippen LogP contribution in [0.15, 0.2) is 53.7 Å². The number of aromatic amines is 1. The van der Waals surface area contributed by atoms with Crippen molar-refractivity contribution in [1.82, 2.24) is 15.2 Å². The van der Waals surface area contributed by atoms with Crippen LogP contribution in [0.2, 0.25) is 5.02 Å². The molecule has 0 bridgehead atoms. The SMILES string of the molecule is CC(Sc1n[nH]c(COc2ccc(Cl)cc2)n1)C(=O)Nc1ccc([N+](=O)[O-])cc1. The van der Waals surface area contributed by atoms with Crippen LogP contribution in [-0.2, 0) is 11.4 Å². The Morgan fingerprint density at radius 2 is 1.97 bits per heavy atom. The molecule has 0 radical (unpaired) electrons. The lowest BCUT2D eigenvalue weighted by atomic mass is 10.3. The number of carbonyl (C=O) groups excluding carboxylic acids is 1. The summed E-state index contributed by atoms with van der Waals surface area (Å²) < 4.78 is 5.59. The summed E-state index contributed by atoms with van der Waals surface area (Å²) in [6, 6.07) is 12.6. The summed E-state index contributed by atoms with van der Waals surface area (Å²) in [7, 11) is 0. The van der Waals surface area contributed by atoms with Crippen molar-refractivity contribution in [2.75, 3.05) is 5.32 Å². The standard InChI is InChI=1S/C18H16ClN5O4S/c1-11(17(25)20-13-4-6-14(7-5-13)24(26)27)29-18-21-16(22-23-18)10-28-15-8-2-12(19)3-9-15/h2-9,11H,10H2,1H3,(H,20,25)(H,21,22,23). The van der Waals surface area contributed by atoms with Crippen LogP contribution in [-0.4, -0.2) is 31.3 Å². The van der Waals surface area contributed by atoms with Crippen LogP contribution in [0.5, 0.6) is 5.75 Å². The maximum atomic E-state index is 12.3. The minimum atomic E-state index is -0.498. The topological polar surface area (TPSA) is 123 Å². The van der Waals surface area contributed by atoms with Crippen molar-refractivity contribution >= 4 is 40.6 Å². The van der Waals surface area contributed by atoms with Crippen molar-refractivity contribution < 1.29 is 14.5 Å². The molecule has 11 heteroatoms. The fraction of sp³-hybridized carbons (Fsp3) is 0.167. The molecule has 1 atom stereocenters. The van der Waals surface area contributed by atoms with Gasteiger partial charge >= 0.3 is 0 Å². The summed E-state index contributed by atoms with van der Waals surface area (Å²) in [4.78, 5) is 26.8. The van der Waals surface area contributed by atoms with Crippen LogP contribution < -0.4 is 10.1 Å². The molecule has 0 aliphatic rings. The van der Waals surface area contributed by atoms with Crippen LogP contribution in [0.25, 0.3) is 0 Å². The average Bonchev–Trinajstić information content (AvgIpc) is 3.15. The van der Waals surface area contributed by atoms with Gasteiger partial charge in [-0.25, -0.2) is 4.98 Å². The Hall–Kier alpha value is -3.11. The van der Waals surface area contributed by atoms with Crippen molar-refractivity contribution in [1.29, 1.82) is 0 Å². The molecule has 0 aliphatic carbocycles. The molecular formula is C18H16ClN5O4S. The first-order valence-electron chi connectivity index (χ1n) is 8.42. The minimum absolute atomic E-state index is 0.0421. The van der Waals surface area contributed by atoms with Gasteiger partial charge in [0.2, 0.25) is 11.1 Å². The summed E-state index contributed by atoms with van der Waals surface area (Å²) in [6.45, 7) is 1.91. The summed E-state index contributed by atoms with van der Waals surface area (Å²) in [6.07, 6.45) is 0. The Morgan fingerprint density at radius 3 is 2.62 bits per heavy atom. The number of amides is 1. The zero-order valence-electron chi connectivity index (χ0n) is 15.2. The molecule has 29 heavy (non-hydrogen) atoms. The molecule has 3 rings (SSSR count). The predicted molar refractivity (Wildman–Crippen MR) is 109 cm³/mol. The molecule has 1 amide bonds. The Morgan fingerprint density at radius 1 is 1.28 bits per heavy atom. The second-order valence-corrected chi connectivity index (χ2v) is 7.60. The highest BCUT2D eigenvalue weighted by molar-refractivity contribution is 8.00. The number of halogens is 1. The summed E-state index contributed by atoms with van der Waals surface area (Å²) in [5.41, 5.74) is 0.430. The number of ether oxygens (including phenoxy) is 1. The van der Waals surface area contributed by atoms with Crippen molar-refractivity contribution in [2.24, 2.45) is 0 Å². The van der Waals surface area contributed by atoms with E-state index in [0.717, 1.165) is 0 Å². The van der Waals surface area contributed by atoms with Crippen molar-refractivity contribution in [2.45, 2.75) is 23.9 Å². The first kappa shape index (κ1) is 20.6. The van der Waals surface area contributed by atoms with Gasteiger partial charge in [0.15, 0.2) is 5.82 Å². The number of rotatable bonds is 8. The van der Waals surface area contributed by atoms with Crippen molar-refractivity contribution in [3.63, 3.8) is 0 Å². The van der Waals surface area contributed by atoms with Gasteiger partial charge < -0.3 is 10.1 Å². The van der Waals surface area contributed by atoms with E-state index in [-0.39, 0.29) is 18.2 Å². The third-order valence-corrected chi connectivity index (χ3v) is 4.91. The second-order valence-electron chi connectivity index (χ2n) is 5.86. The number of thioether (sulfide) groups is 1. The number of aromatic nitrogens is 3. The highest BCUT2D eigenvalue weighted by Crippen LogP contribution is 2.22. The van der Waals surface area contributed by atoms with E-state index in [1.165, 1.54) is 36.0 Å². The van der Waals surface area contributed by atoms with Gasteiger partial charge in [0.05, 0.1) is 10.2 Å². The van der Waals surface area contributed by atoms with E-state index in [0.29, 0.717) is 27.4 Å². The summed E-state index contributed by atoms with van der Waals surface area (Å²) >= 11 is 7.01. The highest BCUT2D eigenvalue weighted by atomic mass is 35.5. The van der Waals surface area contributed by atoms with E-state index < -0.39 is 10.2 Å². The molecule has 1 heterocycles. The number of nitro benzene ring substituents is 1. The van der Waals surface area contributed by atoms with Crippen LogP contribution in [0.4, 0.5) is 11.4 Å². The lowest BCUT2D eigenvalue weighted by Crippen LogP contribution is -2.22. The number of H-pyrrole nitrogens is 1. The van der Waals surface area contributed by atoms with Crippen molar-refractivity contribution in [3.05, 3.63) is 69.5 Å². The van der Waals surface area contributed by atoms with Gasteiger partial charge in [0, 0.05) is 22.8 Å². The molecule has 0 saturated heterocycles. The van der Waals surface area contributed by atoms with Crippen LogP contribution >= 0.6 is 23.4 Å². The van der Waals surface area contributed by atoms with E-state index >= 15 is 0 Å². The number of non-ortho nitro benzene ring substituents is 1. The van der Waals surface area contributed by atoms with Gasteiger partial charge in [-0.15, -0.1) is 5.10 Å². The van der Waals surface area contributed by atoms with Crippen LogP contribution in [0, 0.1) is 10.1 Å². The Balaban J connectivity index is 1.50. The monoisotopic (exact) mass is 433 g/mol. The van der Waals surface area contributed by atoms with E-state index in [1.54, 1.807) is 31.2 Å². The van der Waals surface area contributed by atoms with Gasteiger partial charge in [-0.05, 0) is 43.3 Å². The predicted octanol–water partition coefficient (Wildman–Crippen LogP) is 4.06. The second kappa shape index (κ2) is 9.39. The van der Waals surface area contributed by atoms with Gasteiger partial charge in [0.25, 0.3) is 5.69 Å². The summed E-state index contributed by atoms with van der Waals surface area (Å²) in [5.74, 6) is 0.897. The molecule has 2 aromatic carbocycles. The number of benzene rings is 2. The maximum Gasteiger partial charge on any atom is 0.269 e. The molecule has 0 saturated carbocycles. The van der Waals surface area contributed by atoms with Gasteiger partial charge in [-0.2, -0.15) is 0 Å². The summed E-state index contributed by atoms with van der Waals surface area (Å²) in [5, 5.41) is 20.8. The zero-order valence-corrected chi connectivity index (χ0v) is 16.7.